The van der Waals surface area contributed by atoms with Gasteiger partial charge in [-0.15, -0.1) is 0 Å². The first-order valence-electron chi connectivity index (χ1n) is 6.31. The van der Waals surface area contributed by atoms with Gasteiger partial charge in [-0.25, -0.2) is 9.18 Å². The van der Waals surface area contributed by atoms with Crippen molar-refractivity contribution in [3.63, 3.8) is 0 Å². The number of carboxylic acid groups (broad SMARTS) is 1. The second kappa shape index (κ2) is 7.38. The van der Waals surface area contributed by atoms with Crippen LogP contribution in [0.2, 0.25) is 0 Å². The van der Waals surface area contributed by atoms with Crippen molar-refractivity contribution in [3.05, 3.63) is 34.1 Å². The second-order valence-electron chi connectivity index (χ2n) is 4.69. The average Bonchev–Trinajstić information content (AvgIpc) is 2.39. The molecule has 0 aliphatic rings. The molecule has 110 valence electrons. The number of carbonyl (C=O) groups excluding carboxylic acids is 1. The summed E-state index contributed by atoms with van der Waals surface area (Å²) in [5.41, 5.74) is 0.497. The third-order valence-electron chi connectivity index (χ3n) is 3.14. The molecule has 2 atom stereocenters. The summed E-state index contributed by atoms with van der Waals surface area (Å²) in [5, 5.41) is 11.6. The maximum atomic E-state index is 13.3. The smallest absolute Gasteiger partial charge is 0.326 e. The first-order valence-corrected chi connectivity index (χ1v) is 7.10. The van der Waals surface area contributed by atoms with Crippen molar-refractivity contribution < 1.29 is 19.1 Å². The quantitative estimate of drug-likeness (QED) is 0.832. The summed E-state index contributed by atoms with van der Waals surface area (Å²) in [6, 6.07) is 3.46. The van der Waals surface area contributed by atoms with Gasteiger partial charge in [0, 0.05) is 0 Å². The number of carbonyl (C=O) groups is 2. The van der Waals surface area contributed by atoms with Gasteiger partial charge in [0.1, 0.15) is 11.9 Å². The highest BCUT2D eigenvalue weighted by Gasteiger charge is 2.25. The Labute approximate surface area is 125 Å². The number of aliphatic carboxylic acids is 1. The summed E-state index contributed by atoms with van der Waals surface area (Å²) < 4.78 is 13.7. The number of benzene rings is 1. The molecule has 0 spiro atoms. The molecule has 0 aromatic heterocycles. The molecule has 0 radical (unpaired) electrons. The van der Waals surface area contributed by atoms with Crippen LogP contribution in [0.25, 0.3) is 0 Å². The largest absolute Gasteiger partial charge is 0.480 e. The zero-order valence-corrected chi connectivity index (χ0v) is 12.9. The van der Waals surface area contributed by atoms with Crippen molar-refractivity contribution in [1.29, 1.82) is 0 Å². The van der Waals surface area contributed by atoms with Crippen LogP contribution in [0.1, 0.15) is 25.8 Å². The lowest BCUT2D eigenvalue weighted by Crippen LogP contribution is -2.45. The van der Waals surface area contributed by atoms with Gasteiger partial charge in [-0.2, -0.15) is 0 Å². The summed E-state index contributed by atoms with van der Waals surface area (Å²) in [5.74, 6) is -2.11. The number of hydrogen-bond acceptors (Lipinski definition) is 2. The van der Waals surface area contributed by atoms with Crippen molar-refractivity contribution >= 4 is 27.8 Å². The van der Waals surface area contributed by atoms with E-state index in [0.29, 0.717) is 16.5 Å². The van der Waals surface area contributed by atoms with Crippen LogP contribution in [0.15, 0.2) is 22.7 Å². The monoisotopic (exact) mass is 345 g/mol. The fourth-order valence-electron chi connectivity index (χ4n) is 1.74. The lowest BCUT2D eigenvalue weighted by atomic mass is 9.99. The fraction of sp³-hybridized carbons (Fsp3) is 0.429. The Bertz CT molecular complexity index is 507. The maximum Gasteiger partial charge on any atom is 0.326 e. The van der Waals surface area contributed by atoms with Gasteiger partial charge in [0.05, 0.1) is 10.9 Å². The molecule has 4 nitrogen and oxygen atoms in total. The van der Waals surface area contributed by atoms with E-state index in [2.05, 4.69) is 21.2 Å². The zero-order valence-electron chi connectivity index (χ0n) is 11.3. The van der Waals surface area contributed by atoms with Gasteiger partial charge < -0.3 is 10.4 Å². The van der Waals surface area contributed by atoms with E-state index in [1.165, 1.54) is 12.1 Å². The maximum absolute atomic E-state index is 13.3. The Morgan fingerprint density at radius 2 is 2.10 bits per heavy atom. The van der Waals surface area contributed by atoms with Crippen molar-refractivity contribution in [2.45, 2.75) is 32.7 Å². The first-order chi connectivity index (χ1) is 9.35. The highest BCUT2D eigenvalue weighted by atomic mass is 79.9. The average molecular weight is 346 g/mol. The molecule has 0 aliphatic carbocycles. The number of rotatable bonds is 6. The Morgan fingerprint density at radius 3 is 2.60 bits per heavy atom. The number of nitrogens with one attached hydrogen (secondary N) is 1. The van der Waals surface area contributed by atoms with E-state index < -0.39 is 23.7 Å². The number of halogens is 2. The molecule has 2 unspecified atom stereocenters. The zero-order chi connectivity index (χ0) is 15.3. The summed E-state index contributed by atoms with van der Waals surface area (Å²) >= 11 is 3.03. The minimum atomic E-state index is -1.06. The molecule has 1 rings (SSSR count). The summed E-state index contributed by atoms with van der Waals surface area (Å²) in [4.78, 5) is 22.9. The topological polar surface area (TPSA) is 66.4 Å². The van der Waals surface area contributed by atoms with Crippen LogP contribution >= 0.6 is 15.9 Å². The molecule has 0 fully saturated rings. The minimum absolute atomic E-state index is 0.0512. The predicted octanol–water partition coefficient (Wildman–Crippen LogP) is 2.75. The van der Waals surface area contributed by atoms with Crippen LogP contribution in [-0.4, -0.2) is 23.0 Å². The van der Waals surface area contributed by atoms with Crippen molar-refractivity contribution in [3.8, 4) is 0 Å². The molecule has 20 heavy (non-hydrogen) atoms. The van der Waals surface area contributed by atoms with Crippen LogP contribution in [0.5, 0.6) is 0 Å². The molecule has 1 amide bonds. The first kappa shape index (κ1) is 16.6. The summed E-state index contributed by atoms with van der Waals surface area (Å²) in [7, 11) is 0. The molecule has 0 saturated heterocycles. The van der Waals surface area contributed by atoms with Gasteiger partial charge in [0.15, 0.2) is 0 Å². The van der Waals surface area contributed by atoms with E-state index in [0.717, 1.165) is 0 Å². The van der Waals surface area contributed by atoms with Gasteiger partial charge in [-0.3, -0.25) is 4.79 Å². The van der Waals surface area contributed by atoms with E-state index in [4.69, 9.17) is 5.11 Å². The van der Waals surface area contributed by atoms with Crippen LogP contribution in [-0.2, 0) is 16.0 Å². The van der Waals surface area contributed by atoms with E-state index >= 15 is 0 Å². The highest BCUT2D eigenvalue weighted by Crippen LogP contribution is 2.17. The van der Waals surface area contributed by atoms with E-state index in [-0.39, 0.29) is 12.3 Å². The molecule has 0 bridgehead atoms. The fourth-order valence-corrected chi connectivity index (χ4v) is 1.99. The van der Waals surface area contributed by atoms with Crippen LogP contribution in [0.4, 0.5) is 4.39 Å². The Hall–Kier alpha value is -1.43. The molecule has 0 heterocycles. The lowest BCUT2D eigenvalue weighted by molar-refractivity contribution is -0.143. The van der Waals surface area contributed by atoms with Crippen molar-refractivity contribution in [2.75, 3.05) is 0 Å². The van der Waals surface area contributed by atoms with E-state index in [1.807, 2.05) is 6.92 Å². The van der Waals surface area contributed by atoms with Crippen molar-refractivity contribution in [1.82, 2.24) is 5.32 Å². The molecule has 0 aliphatic heterocycles. The van der Waals surface area contributed by atoms with Gasteiger partial charge in [0.25, 0.3) is 0 Å². The van der Waals surface area contributed by atoms with Gasteiger partial charge >= 0.3 is 5.97 Å². The molecule has 1 aromatic rings. The molecular weight excluding hydrogens is 329 g/mol. The predicted molar refractivity (Wildman–Crippen MR) is 76.8 cm³/mol. The lowest BCUT2D eigenvalue weighted by Gasteiger charge is -2.20. The van der Waals surface area contributed by atoms with E-state index in [1.54, 1.807) is 13.0 Å². The Balaban J connectivity index is 2.70. The summed E-state index contributed by atoms with van der Waals surface area (Å²) in [6.07, 6.45) is 0.592. The molecule has 0 saturated carbocycles. The van der Waals surface area contributed by atoms with Crippen LogP contribution in [0, 0.1) is 11.7 Å². The standard InChI is InChI=1S/C14H17BrFNO3/c1-3-8(2)13(14(19)20)17-12(18)7-9-4-5-10(15)11(16)6-9/h4-6,8,13H,3,7H2,1-2H3,(H,17,18)(H,19,20). The second-order valence-corrected chi connectivity index (χ2v) is 5.55. The summed E-state index contributed by atoms with van der Waals surface area (Å²) in [6.45, 7) is 3.62. The molecule has 1 aromatic carbocycles. The highest BCUT2D eigenvalue weighted by molar-refractivity contribution is 9.10. The van der Waals surface area contributed by atoms with Gasteiger partial charge in [-0.1, -0.05) is 26.3 Å². The Morgan fingerprint density at radius 1 is 1.45 bits per heavy atom. The molecule has 6 heteroatoms. The van der Waals surface area contributed by atoms with Gasteiger partial charge in [-0.05, 0) is 39.5 Å². The minimum Gasteiger partial charge on any atom is -0.480 e. The van der Waals surface area contributed by atoms with Crippen molar-refractivity contribution in [2.24, 2.45) is 5.92 Å². The Kier molecular flexibility index (Phi) is 6.13. The molecule has 2 N–H and O–H groups in total. The SMILES string of the molecule is CCC(C)C(NC(=O)Cc1ccc(Br)c(F)c1)C(=O)O. The normalized spacial score (nSPS) is 13.6. The van der Waals surface area contributed by atoms with Crippen LogP contribution in [0.3, 0.4) is 0 Å². The van der Waals surface area contributed by atoms with Crippen LogP contribution < -0.4 is 5.32 Å². The number of hydrogen-bond donors (Lipinski definition) is 2. The molecular formula is C14H17BrFNO3. The number of carboxylic acids is 1. The third kappa shape index (κ3) is 4.59. The van der Waals surface area contributed by atoms with Gasteiger partial charge in [0.2, 0.25) is 5.91 Å². The van der Waals surface area contributed by atoms with E-state index in [9.17, 15) is 14.0 Å². The number of amides is 1. The third-order valence-corrected chi connectivity index (χ3v) is 3.79.